The van der Waals surface area contributed by atoms with Crippen molar-refractivity contribution in [1.82, 2.24) is 5.32 Å². The van der Waals surface area contributed by atoms with Crippen molar-refractivity contribution in [2.45, 2.75) is 62.7 Å². The normalized spacial score (nSPS) is 16.4. The summed E-state index contributed by atoms with van der Waals surface area (Å²) in [6.07, 6.45) is 0.877. The van der Waals surface area contributed by atoms with Crippen molar-refractivity contribution in [3.8, 4) is 0 Å². The van der Waals surface area contributed by atoms with Crippen molar-refractivity contribution in [3.05, 3.63) is 24.3 Å². The van der Waals surface area contributed by atoms with E-state index in [1.807, 2.05) is 24.3 Å². The van der Waals surface area contributed by atoms with Gasteiger partial charge < -0.3 is 19.7 Å². The fraction of sp³-hybridized carbons (Fsp3) is 0.571. The standard InChI is InChI=1S/C21H30N2O5S/c1-15-11-13-23(16-8-5-6-9-17(16)29-15)18(24)14-27-19(25)10-7-12-22-20(26)28-21(2,3)4/h5-6,8-9,15H,7,10-14H2,1-4H3,(H,22,26)/t15-/m1/s1. The summed E-state index contributed by atoms with van der Waals surface area (Å²) in [7, 11) is 0. The quantitative estimate of drug-likeness (QED) is 0.555. The molecule has 1 aromatic rings. The Bertz CT molecular complexity index is 732. The molecule has 0 radical (unpaired) electrons. The van der Waals surface area contributed by atoms with E-state index in [1.54, 1.807) is 37.4 Å². The lowest BCUT2D eigenvalue weighted by Gasteiger charge is -2.22. The van der Waals surface area contributed by atoms with E-state index in [4.69, 9.17) is 9.47 Å². The predicted molar refractivity (Wildman–Crippen MR) is 113 cm³/mol. The third-order valence-corrected chi connectivity index (χ3v) is 5.36. The third-order valence-electron chi connectivity index (χ3n) is 4.13. The SMILES string of the molecule is C[C@@H]1CCN(C(=O)COC(=O)CCCNC(=O)OC(C)(C)C)c2ccccc2S1. The van der Waals surface area contributed by atoms with Crippen molar-refractivity contribution in [3.63, 3.8) is 0 Å². The predicted octanol–water partition coefficient (Wildman–Crippen LogP) is 3.75. The first-order valence-electron chi connectivity index (χ1n) is 9.84. The zero-order chi connectivity index (χ0) is 21.4. The molecule has 0 fully saturated rings. The number of esters is 1. The molecular formula is C21H30N2O5S. The molecule has 0 saturated heterocycles. The molecular weight excluding hydrogens is 392 g/mol. The number of hydrogen-bond acceptors (Lipinski definition) is 6. The topological polar surface area (TPSA) is 84.9 Å². The largest absolute Gasteiger partial charge is 0.456 e. The minimum atomic E-state index is -0.564. The first-order valence-corrected chi connectivity index (χ1v) is 10.7. The number of hydrogen-bond donors (Lipinski definition) is 1. The maximum Gasteiger partial charge on any atom is 0.407 e. The summed E-state index contributed by atoms with van der Waals surface area (Å²) in [4.78, 5) is 38.9. The van der Waals surface area contributed by atoms with Crippen molar-refractivity contribution >= 4 is 35.4 Å². The van der Waals surface area contributed by atoms with Crippen molar-refractivity contribution in [2.75, 3.05) is 24.6 Å². The number of nitrogens with one attached hydrogen (secondary N) is 1. The molecule has 0 aliphatic carbocycles. The van der Waals surface area contributed by atoms with Crippen LogP contribution in [0, 0.1) is 0 Å². The van der Waals surface area contributed by atoms with Gasteiger partial charge in [-0.05, 0) is 45.7 Å². The van der Waals surface area contributed by atoms with Crippen LogP contribution in [-0.4, -0.2) is 48.5 Å². The lowest BCUT2D eigenvalue weighted by atomic mass is 10.2. The molecule has 1 atom stereocenters. The number of nitrogens with zero attached hydrogens (tertiary/aromatic N) is 1. The smallest absolute Gasteiger partial charge is 0.407 e. The van der Waals surface area contributed by atoms with E-state index < -0.39 is 17.7 Å². The molecule has 0 spiro atoms. The molecule has 1 heterocycles. The Morgan fingerprint density at radius 3 is 2.69 bits per heavy atom. The van der Waals surface area contributed by atoms with Gasteiger partial charge in [0.1, 0.15) is 5.60 Å². The van der Waals surface area contributed by atoms with Crippen LogP contribution >= 0.6 is 11.8 Å². The van der Waals surface area contributed by atoms with Crippen LogP contribution in [0.25, 0.3) is 0 Å². The number of alkyl carbamates (subject to hydrolysis) is 1. The average molecular weight is 423 g/mol. The van der Waals surface area contributed by atoms with Gasteiger partial charge in [-0.1, -0.05) is 19.1 Å². The molecule has 1 aromatic carbocycles. The summed E-state index contributed by atoms with van der Waals surface area (Å²) in [6, 6.07) is 7.78. The van der Waals surface area contributed by atoms with E-state index in [0.29, 0.717) is 24.8 Å². The fourth-order valence-corrected chi connectivity index (χ4v) is 3.89. The Morgan fingerprint density at radius 2 is 1.97 bits per heavy atom. The maximum absolute atomic E-state index is 12.6. The van der Waals surface area contributed by atoms with Gasteiger partial charge in [-0.3, -0.25) is 9.59 Å². The molecule has 2 amide bonds. The van der Waals surface area contributed by atoms with Crippen LogP contribution in [0.5, 0.6) is 0 Å². The molecule has 8 heteroatoms. The van der Waals surface area contributed by atoms with Crippen molar-refractivity contribution in [2.24, 2.45) is 0 Å². The highest BCUT2D eigenvalue weighted by atomic mass is 32.2. The third kappa shape index (κ3) is 7.97. The molecule has 1 aliphatic heterocycles. The number of fused-ring (bicyclic) bond motifs is 1. The Labute approximate surface area is 176 Å². The van der Waals surface area contributed by atoms with E-state index in [2.05, 4.69) is 12.2 Å². The summed E-state index contributed by atoms with van der Waals surface area (Å²) < 4.78 is 10.3. The van der Waals surface area contributed by atoms with Gasteiger partial charge in [-0.25, -0.2) is 4.79 Å². The van der Waals surface area contributed by atoms with Crippen LogP contribution in [0.4, 0.5) is 10.5 Å². The van der Waals surface area contributed by atoms with E-state index in [9.17, 15) is 14.4 Å². The van der Waals surface area contributed by atoms with Crippen molar-refractivity contribution in [1.29, 1.82) is 0 Å². The molecule has 1 aliphatic rings. The zero-order valence-corrected chi connectivity index (χ0v) is 18.3. The molecule has 0 aromatic heterocycles. The number of rotatable bonds is 6. The molecule has 1 N–H and O–H groups in total. The van der Waals surface area contributed by atoms with Crippen LogP contribution in [-0.2, 0) is 19.1 Å². The number of anilines is 1. The summed E-state index contributed by atoms with van der Waals surface area (Å²) in [5.74, 6) is -0.692. The Kier molecular flexibility index (Phi) is 8.37. The highest BCUT2D eigenvalue weighted by Gasteiger charge is 2.24. The lowest BCUT2D eigenvalue weighted by molar-refractivity contribution is -0.147. The molecule has 160 valence electrons. The molecule has 7 nitrogen and oxygen atoms in total. The highest BCUT2D eigenvalue weighted by molar-refractivity contribution is 8.00. The average Bonchev–Trinajstić information content (AvgIpc) is 2.80. The summed E-state index contributed by atoms with van der Waals surface area (Å²) >= 11 is 1.75. The first-order chi connectivity index (χ1) is 13.7. The first kappa shape index (κ1) is 23.1. The van der Waals surface area contributed by atoms with Gasteiger partial charge in [0.05, 0.1) is 5.69 Å². The number of para-hydroxylation sites is 1. The van der Waals surface area contributed by atoms with Crippen LogP contribution in [0.1, 0.15) is 47.0 Å². The molecule has 0 unspecified atom stereocenters. The van der Waals surface area contributed by atoms with Crippen molar-refractivity contribution < 1.29 is 23.9 Å². The van der Waals surface area contributed by atoms with Gasteiger partial charge in [-0.2, -0.15) is 0 Å². The van der Waals surface area contributed by atoms with Crippen LogP contribution in [0.15, 0.2) is 29.2 Å². The van der Waals surface area contributed by atoms with Gasteiger partial charge in [0.25, 0.3) is 5.91 Å². The Hall–Kier alpha value is -2.22. The van der Waals surface area contributed by atoms with Gasteiger partial charge in [0.15, 0.2) is 6.61 Å². The molecule has 29 heavy (non-hydrogen) atoms. The summed E-state index contributed by atoms with van der Waals surface area (Å²) in [6.45, 7) is 8.09. The second-order valence-electron chi connectivity index (χ2n) is 7.92. The summed E-state index contributed by atoms with van der Waals surface area (Å²) in [5, 5.41) is 3.00. The number of benzene rings is 1. The monoisotopic (exact) mass is 422 g/mol. The second kappa shape index (κ2) is 10.5. The maximum atomic E-state index is 12.6. The number of ether oxygens (including phenoxy) is 2. The van der Waals surface area contributed by atoms with Gasteiger partial charge >= 0.3 is 12.1 Å². The number of amides is 2. The van der Waals surface area contributed by atoms with E-state index in [1.165, 1.54) is 0 Å². The molecule has 2 rings (SSSR count). The van der Waals surface area contributed by atoms with E-state index in [0.717, 1.165) is 17.0 Å². The number of carbonyl (C=O) groups is 3. The summed E-state index contributed by atoms with van der Waals surface area (Å²) in [5.41, 5.74) is 0.301. The molecule has 0 bridgehead atoms. The van der Waals surface area contributed by atoms with Crippen LogP contribution < -0.4 is 10.2 Å². The number of carbonyl (C=O) groups excluding carboxylic acids is 3. The van der Waals surface area contributed by atoms with Crippen LogP contribution in [0.3, 0.4) is 0 Å². The van der Waals surface area contributed by atoms with Gasteiger partial charge in [0.2, 0.25) is 0 Å². The van der Waals surface area contributed by atoms with Crippen LogP contribution in [0.2, 0.25) is 0 Å². The van der Waals surface area contributed by atoms with Gasteiger partial charge in [0, 0.05) is 29.7 Å². The minimum absolute atomic E-state index is 0.118. The minimum Gasteiger partial charge on any atom is -0.456 e. The second-order valence-corrected chi connectivity index (χ2v) is 9.40. The zero-order valence-electron chi connectivity index (χ0n) is 17.5. The fourth-order valence-electron chi connectivity index (χ4n) is 2.78. The highest BCUT2D eigenvalue weighted by Crippen LogP contribution is 2.37. The van der Waals surface area contributed by atoms with E-state index >= 15 is 0 Å². The Balaban J connectivity index is 1.75. The lowest BCUT2D eigenvalue weighted by Crippen LogP contribution is -2.36. The number of thioether (sulfide) groups is 1. The van der Waals surface area contributed by atoms with Gasteiger partial charge in [-0.15, -0.1) is 11.8 Å². The van der Waals surface area contributed by atoms with E-state index in [-0.39, 0.29) is 18.9 Å². The Morgan fingerprint density at radius 1 is 1.24 bits per heavy atom. The molecule has 0 saturated carbocycles.